The molecule has 3 N–H and O–H groups in total. The molecule has 188 valence electrons. The van der Waals surface area contributed by atoms with Gasteiger partial charge < -0.3 is 4.74 Å². The Bertz CT molecular complexity index is 1540. The molecule has 0 heterocycles. The molecule has 0 unspecified atom stereocenters. The molecule has 36 heavy (non-hydrogen) atoms. The van der Waals surface area contributed by atoms with Gasteiger partial charge in [-0.1, -0.05) is 18.2 Å². The lowest BCUT2D eigenvalue weighted by molar-refractivity contribution is 0.336. The van der Waals surface area contributed by atoms with Crippen molar-refractivity contribution < 1.29 is 30.7 Å². The maximum Gasteiger partial charge on any atom is 0.296 e. The smallest absolute Gasteiger partial charge is 0.296 e. The van der Waals surface area contributed by atoms with E-state index in [-0.39, 0.29) is 28.5 Å². The van der Waals surface area contributed by atoms with Gasteiger partial charge in [0.05, 0.1) is 17.1 Å². The Balaban J connectivity index is 1.93. The normalized spacial score (nSPS) is 12.3. The zero-order chi connectivity index (χ0) is 26.3. The summed E-state index contributed by atoms with van der Waals surface area (Å²) in [5.41, 5.74) is 8.54. The van der Waals surface area contributed by atoms with Crippen LogP contribution in [-0.4, -0.2) is 38.3 Å². The SMILES string of the molecule is Cc1cc(N=N)c(OCCS(=O)(=O)O)cc1N=Nc1ccc(N=Nc2ccccc2)cc1S(=O)(=O)O. The van der Waals surface area contributed by atoms with E-state index in [0.29, 0.717) is 11.3 Å². The molecular formula is C21H20N6O7S2. The standard InChI is InChI=1S/C21H20N6O7S2/c1-14-11-19(23-22)20(34-9-10-35(28,29)30)13-18(14)27-26-17-8-7-16(12-21(17)36(31,32)33)25-24-15-5-3-2-4-6-15/h2-8,11-13,22H,9-10H2,1H3,(H,28,29,30)(H,31,32,33). The molecule has 0 saturated heterocycles. The molecule has 0 aliphatic rings. The Morgan fingerprint density at radius 1 is 0.806 bits per heavy atom. The van der Waals surface area contributed by atoms with Gasteiger partial charge in [-0.2, -0.15) is 37.3 Å². The van der Waals surface area contributed by atoms with E-state index >= 15 is 0 Å². The summed E-state index contributed by atoms with van der Waals surface area (Å²) < 4.78 is 69.5. The van der Waals surface area contributed by atoms with Gasteiger partial charge in [-0.25, -0.2) is 5.53 Å². The topological polar surface area (TPSA) is 204 Å². The van der Waals surface area contributed by atoms with Crippen LogP contribution in [0.5, 0.6) is 5.75 Å². The summed E-state index contributed by atoms with van der Waals surface area (Å²) in [6.07, 6.45) is 0. The van der Waals surface area contributed by atoms with Crippen LogP contribution >= 0.6 is 0 Å². The third kappa shape index (κ3) is 7.54. The molecule has 0 saturated carbocycles. The molecule has 0 bridgehead atoms. The molecule has 0 amide bonds. The molecule has 0 aliphatic heterocycles. The van der Waals surface area contributed by atoms with Gasteiger partial charge >= 0.3 is 0 Å². The number of nitrogens with zero attached hydrogens (tertiary/aromatic N) is 5. The highest BCUT2D eigenvalue weighted by atomic mass is 32.2. The Morgan fingerprint density at radius 3 is 2.11 bits per heavy atom. The highest BCUT2D eigenvalue weighted by Crippen LogP contribution is 2.37. The van der Waals surface area contributed by atoms with Crippen LogP contribution in [0.25, 0.3) is 0 Å². The Labute approximate surface area is 206 Å². The Hall–Kier alpha value is -3.92. The molecule has 3 aromatic carbocycles. The summed E-state index contributed by atoms with van der Waals surface area (Å²) in [7, 11) is -8.96. The molecule has 0 fully saturated rings. The van der Waals surface area contributed by atoms with E-state index in [4.69, 9.17) is 14.8 Å². The van der Waals surface area contributed by atoms with Crippen LogP contribution in [0, 0.1) is 12.5 Å². The van der Waals surface area contributed by atoms with Gasteiger partial charge in [0.15, 0.2) is 0 Å². The molecule has 3 rings (SSSR count). The van der Waals surface area contributed by atoms with Crippen LogP contribution in [0.2, 0.25) is 0 Å². The minimum absolute atomic E-state index is 0.000116. The fourth-order valence-corrected chi connectivity index (χ4v) is 3.74. The van der Waals surface area contributed by atoms with Gasteiger partial charge in [-0.3, -0.25) is 9.11 Å². The van der Waals surface area contributed by atoms with Crippen molar-refractivity contribution >= 4 is 48.7 Å². The quantitative estimate of drug-likeness (QED) is 0.209. The second kappa shape index (κ2) is 11.2. The largest absolute Gasteiger partial charge is 0.490 e. The molecule has 0 radical (unpaired) electrons. The number of nitrogens with one attached hydrogen (secondary N) is 1. The van der Waals surface area contributed by atoms with Crippen molar-refractivity contribution in [3.8, 4) is 5.75 Å². The summed E-state index contributed by atoms with van der Waals surface area (Å²) in [5, 5.41) is 19.2. The molecule has 3 aromatic rings. The van der Waals surface area contributed by atoms with E-state index in [1.54, 1.807) is 37.3 Å². The molecule has 15 heteroatoms. The highest BCUT2D eigenvalue weighted by molar-refractivity contribution is 7.86. The first-order valence-corrected chi connectivity index (χ1v) is 13.1. The van der Waals surface area contributed by atoms with Crippen molar-refractivity contribution in [1.29, 1.82) is 5.53 Å². The minimum Gasteiger partial charge on any atom is -0.490 e. The molecule has 0 aliphatic carbocycles. The van der Waals surface area contributed by atoms with Gasteiger partial charge in [-0.15, -0.1) is 5.11 Å². The number of hydrogen-bond donors (Lipinski definition) is 3. The van der Waals surface area contributed by atoms with E-state index in [9.17, 15) is 21.4 Å². The van der Waals surface area contributed by atoms with Gasteiger partial charge in [0.25, 0.3) is 20.2 Å². The first kappa shape index (κ1) is 26.7. The zero-order valence-electron chi connectivity index (χ0n) is 18.7. The fraction of sp³-hybridized carbons (Fsp3) is 0.143. The number of aryl methyl sites for hydroxylation is 1. The lowest BCUT2D eigenvalue weighted by atomic mass is 10.1. The average Bonchev–Trinajstić information content (AvgIpc) is 2.82. The number of azo groups is 2. The maximum atomic E-state index is 12.0. The van der Waals surface area contributed by atoms with E-state index in [1.807, 2.05) is 0 Å². The van der Waals surface area contributed by atoms with E-state index in [2.05, 4.69) is 25.6 Å². The van der Waals surface area contributed by atoms with Crippen molar-refractivity contribution in [2.45, 2.75) is 11.8 Å². The predicted molar refractivity (Wildman–Crippen MR) is 129 cm³/mol. The lowest BCUT2D eigenvalue weighted by Gasteiger charge is -2.10. The van der Waals surface area contributed by atoms with Gasteiger partial charge in [0, 0.05) is 6.07 Å². The number of hydrogen-bond acceptors (Lipinski definition) is 11. The van der Waals surface area contributed by atoms with Crippen LogP contribution in [0.1, 0.15) is 5.56 Å². The van der Waals surface area contributed by atoms with Crippen molar-refractivity contribution in [3.05, 3.63) is 66.2 Å². The Morgan fingerprint density at radius 2 is 1.47 bits per heavy atom. The van der Waals surface area contributed by atoms with Gasteiger partial charge in [0.2, 0.25) is 0 Å². The second-order valence-corrected chi connectivity index (χ2v) is 10.2. The molecule has 13 nitrogen and oxygen atoms in total. The maximum absolute atomic E-state index is 12.0. The summed E-state index contributed by atoms with van der Waals surface area (Å²) in [6, 6.07) is 15.3. The predicted octanol–water partition coefficient (Wildman–Crippen LogP) is 6.00. The number of ether oxygens (including phenoxy) is 1. The molecule has 0 aromatic heterocycles. The molecular weight excluding hydrogens is 512 g/mol. The third-order valence-electron chi connectivity index (χ3n) is 4.52. The van der Waals surface area contributed by atoms with Crippen LogP contribution in [-0.2, 0) is 20.2 Å². The van der Waals surface area contributed by atoms with E-state index < -0.39 is 37.5 Å². The molecule has 0 spiro atoms. The third-order valence-corrected chi connectivity index (χ3v) is 6.09. The average molecular weight is 533 g/mol. The number of rotatable bonds is 10. The highest BCUT2D eigenvalue weighted by Gasteiger charge is 2.17. The second-order valence-electron chi connectivity index (χ2n) is 7.22. The summed E-state index contributed by atoms with van der Waals surface area (Å²) in [4.78, 5) is -0.546. The lowest BCUT2D eigenvalue weighted by Crippen LogP contribution is -2.12. The van der Waals surface area contributed by atoms with Crippen LogP contribution in [0.3, 0.4) is 0 Å². The van der Waals surface area contributed by atoms with E-state index in [1.165, 1.54) is 24.3 Å². The Kier molecular flexibility index (Phi) is 8.31. The minimum atomic E-state index is -4.70. The van der Waals surface area contributed by atoms with Crippen molar-refractivity contribution in [2.24, 2.45) is 25.6 Å². The van der Waals surface area contributed by atoms with Crippen molar-refractivity contribution in [3.63, 3.8) is 0 Å². The molecule has 0 atom stereocenters. The summed E-state index contributed by atoms with van der Waals surface area (Å²) in [6.45, 7) is 1.22. The van der Waals surface area contributed by atoms with Crippen LogP contribution in [0.15, 0.2) is 91.1 Å². The van der Waals surface area contributed by atoms with Gasteiger partial charge in [-0.05, 0) is 48.9 Å². The van der Waals surface area contributed by atoms with Gasteiger partial charge in [0.1, 0.15) is 34.4 Å². The summed E-state index contributed by atoms with van der Waals surface area (Å²) in [5.74, 6) is -0.680. The monoisotopic (exact) mass is 532 g/mol. The summed E-state index contributed by atoms with van der Waals surface area (Å²) >= 11 is 0. The first-order chi connectivity index (χ1) is 17.0. The fourth-order valence-electron chi connectivity index (χ4n) is 2.80. The first-order valence-electron chi connectivity index (χ1n) is 10.1. The van der Waals surface area contributed by atoms with E-state index in [0.717, 1.165) is 6.07 Å². The zero-order valence-corrected chi connectivity index (χ0v) is 20.3. The van der Waals surface area contributed by atoms with Crippen molar-refractivity contribution in [2.75, 3.05) is 12.4 Å². The van der Waals surface area contributed by atoms with Crippen LogP contribution in [0.4, 0.5) is 28.4 Å². The number of benzene rings is 3. The van der Waals surface area contributed by atoms with Crippen molar-refractivity contribution in [1.82, 2.24) is 0 Å². The van der Waals surface area contributed by atoms with Crippen LogP contribution < -0.4 is 4.74 Å².